The summed E-state index contributed by atoms with van der Waals surface area (Å²) in [5.41, 5.74) is 12.9. The Labute approximate surface area is 308 Å². The molecule has 52 heavy (non-hydrogen) atoms. The predicted molar refractivity (Wildman–Crippen MR) is 204 cm³/mol. The summed E-state index contributed by atoms with van der Waals surface area (Å²) in [7, 11) is 1.98. The van der Waals surface area contributed by atoms with Gasteiger partial charge in [-0.2, -0.15) is 0 Å². The third-order valence-corrected chi connectivity index (χ3v) is 10.3. The zero-order chi connectivity index (χ0) is 36.3. The van der Waals surface area contributed by atoms with Crippen LogP contribution in [0.4, 0.5) is 11.4 Å². The Hall–Kier alpha value is -4.94. The molecule has 1 aromatic heterocycles. The summed E-state index contributed by atoms with van der Waals surface area (Å²) < 4.78 is 15.1. The average molecular weight is 720 g/mol. The second-order valence-electron chi connectivity index (χ2n) is 12.9. The predicted octanol–water partition coefficient (Wildman–Crippen LogP) is 7.31. The Kier molecular flexibility index (Phi) is 12.8. The molecule has 0 radical (unpaired) electrons. The number of rotatable bonds is 15. The van der Waals surface area contributed by atoms with Gasteiger partial charge in [0.15, 0.2) is 11.4 Å². The molecule has 4 aromatic carbocycles. The average Bonchev–Trinajstić information content (AvgIpc) is 3.60. The molecule has 0 saturated carbocycles. The lowest BCUT2D eigenvalue weighted by molar-refractivity contribution is -0.245. The number of unbranched alkanes of at least 4 members (excludes halogenated alkanes) is 1. The highest BCUT2D eigenvalue weighted by Crippen LogP contribution is 2.40. The van der Waals surface area contributed by atoms with Crippen LogP contribution in [0.15, 0.2) is 115 Å². The number of amides is 2. The third kappa shape index (κ3) is 9.89. The van der Waals surface area contributed by atoms with Gasteiger partial charge in [-0.05, 0) is 52.8 Å². The van der Waals surface area contributed by atoms with Gasteiger partial charge in [0, 0.05) is 56.6 Å². The molecule has 270 valence electrons. The molecule has 0 aliphatic carbocycles. The minimum Gasteiger partial charge on any atom is -0.397 e. The van der Waals surface area contributed by atoms with Crippen molar-refractivity contribution in [3.63, 3.8) is 0 Å². The molecule has 1 fully saturated rings. The van der Waals surface area contributed by atoms with E-state index in [9.17, 15) is 14.7 Å². The molecule has 1 aliphatic heterocycles. The van der Waals surface area contributed by atoms with Crippen molar-refractivity contribution in [2.75, 3.05) is 16.8 Å². The van der Waals surface area contributed by atoms with Crippen molar-refractivity contribution in [1.29, 1.82) is 0 Å². The van der Waals surface area contributed by atoms with Gasteiger partial charge < -0.3 is 35.5 Å². The fourth-order valence-electron chi connectivity index (χ4n) is 6.13. The number of para-hydroxylation sites is 2. The lowest BCUT2D eigenvalue weighted by atomic mass is 9.97. The van der Waals surface area contributed by atoms with E-state index in [0.717, 1.165) is 44.3 Å². The molecule has 2 amide bonds. The van der Waals surface area contributed by atoms with Crippen LogP contribution in [0.1, 0.15) is 66.8 Å². The number of hydrogen-bond acceptors (Lipinski definition) is 8. The summed E-state index contributed by atoms with van der Waals surface area (Å²) >= 11 is 1.66. The highest BCUT2D eigenvalue weighted by atomic mass is 32.2. The van der Waals surface area contributed by atoms with Crippen molar-refractivity contribution in [3.05, 3.63) is 132 Å². The molecule has 0 spiro atoms. The van der Waals surface area contributed by atoms with E-state index in [-0.39, 0.29) is 30.6 Å². The van der Waals surface area contributed by atoms with Crippen LogP contribution in [0.2, 0.25) is 0 Å². The van der Waals surface area contributed by atoms with E-state index in [0.29, 0.717) is 50.0 Å². The summed E-state index contributed by atoms with van der Waals surface area (Å²) in [4.78, 5) is 29.5. The molecule has 0 bridgehead atoms. The van der Waals surface area contributed by atoms with Crippen molar-refractivity contribution in [2.24, 2.45) is 7.05 Å². The van der Waals surface area contributed by atoms with Gasteiger partial charge in [-0.1, -0.05) is 96.7 Å². The maximum absolute atomic E-state index is 12.7. The van der Waals surface area contributed by atoms with Gasteiger partial charge in [0.2, 0.25) is 11.8 Å². The first kappa shape index (κ1) is 36.8. The van der Waals surface area contributed by atoms with Gasteiger partial charge in [-0.25, -0.2) is 4.98 Å². The molecular formula is C41H45N5O5S. The third-order valence-electron chi connectivity index (χ3n) is 9.07. The number of hydrogen-bond donors (Lipinski definition) is 4. The minimum absolute atomic E-state index is 0.00366. The van der Waals surface area contributed by atoms with Crippen LogP contribution in [-0.4, -0.2) is 38.3 Å². The van der Waals surface area contributed by atoms with Crippen LogP contribution in [0.3, 0.4) is 0 Å². The highest BCUT2D eigenvalue weighted by Gasteiger charge is 2.32. The van der Waals surface area contributed by atoms with E-state index < -0.39 is 6.29 Å². The van der Waals surface area contributed by atoms with Crippen LogP contribution >= 0.6 is 11.8 Å². The van der Waals surface area contributed by atoms with Crippen molar-refractivity contribution < 1.29 is 24.2 Å². The van der Waals surface area contributed by atoms with Gasteiger partial charge in [-0.3, -0.25) is 9.59 Å². The summed E-state index contributed by atoms with van der Waals surface area (Å²) in [6, 6.07) is 31.3. The van der Waals surface area contributed by atoms with E-state index in [2.05, 4.69) is 33.8 Å². The number of aliphatic hydroxyl groups is 1. The number of carbonyl (C=O) groups excluding carboxylic acids is 2. The second kappa shape index (κ2) is 18.0. The quantitative estimate of drug-likeness (QED) is 0.0502. The molecule has 6 rings (SSSR count). The summed E-state index contributed by atoms with van der Waals surface area (Å²) in [5, 5.41) is 16.3. The number of ether oxygens (including phenoxy) is 2. The fourth-order valence-corrected chi connectivity index (χ4v) is 7.08. The van der Waals surface area contributed by atoms with E-state index >= 15 is 0 Å². The van der Waals surface area contributed by atoms with Crippen LogP contribution in [-0.2, 0) is 39.3 Å². The molecule has 2 heterocycles. The standard InChI is InChI=1S/C41H45N5O5S/c1-46-23-22-43-41(46)52-27-33-24-37(30-16-14-28(26-47)15-17-30)51-40(50-33)31-20-18-29(19-21-31)34-9-3-2-8-32(34)25-44-38(48)12-6-7-13-39(49)45-36-11-5-4-10-35(36)42/h2-5,8-11,14-23,33,37,40,47H,6-7,12-13,24-27,42H2,1H3,(H,44,48)(H,45,49)/t33-,37+,40+/m0/s1. The number of nitrogens with one attached hydrogen (secondary N) is 2. The number of nitrogen functional groups attached to an aromatic ring is 1. The van der Waals surface area contributed by atoms with Gasteiger partial charge in [0.25, 0.3) is 0 Å². The molecule has 0 unspecified atom stereocenters. The number of aromatic nitrogens is 2. The topological polar surface area (TPSA) is 141 Å². The second-order valence-corrected chi connectivity index (χ2v) is 13.9. The van der Waals surface area contributed by atoms with Crippen molar-refractivity contribution in [3.8, 4) is 11.1 Å². The Morgan fingerprint density at radius 2 is 1.62 bits per heavy atom. The Morgan fingerprint density at radius 3 is 2.35 bits per heavy atom. The first-order valence-electron chi connectivity index (χ1n) is 17.6. The van der Waals surface area contributed by atoms with Crippen LogP contribution < -0.4 is 16.4 Å². The molecule has 3 atom stereocenters. The Bertz CT molecular complexity index is 1930. The summed E-state index contributed by atoms with van der Waals surface area (Å²) in [6.45, 7) is 0.391. The largest absolute Gasteiger partial charge is 0.397 e. The SMILES string of the molecule is Cn1ccnc1SC[C@@H]1C[C@H](c2ccc(CO)cc2)O[C@H](c2ccc(-c3ccccc3CNC(=O)CCCCC(=O)Nc3ccccc3N)cc2)O1. The van der Waals surface area contributed by atoms with E-state index in [1.807, 2.05) is 84.5 Å². The number of nitrogens with zero attached hydrogens (tertiary/aromatic N) is 2. The van der Waals surface area contributed by atoms with Crippen molar-refractivity contribution in [1.82, 2.24) is 14.9 Å². The van der Waals surface area contributed by atoms with Crippen LogP contribution in [0, 0.1) is 0 Å². The summed E-state index contributed by atoms with van der Waals surface area (Å²) in [6.07, 6.45) is 5.49. The highest BCUT2D eigenvalue weighted by molar-refractivity contribution is 7.99. The van der Waals surface area contributed by atoms with Gasteiger partial charge in [0.1, 0.15) is 0 Å². The smallest absolute Gasteiger partial charge is 0.224 e. The number of benzene rings is 4. The van der Waals surface area contributed by atoms with Gasteiger partial charge >= 0.3 is 0 Å². The Morgan fingerprint density at radius 1 is 0.904 bits per heavy atom. The first-order chi connectivity index (χ1) is 25.4. The number of aliphatic hydroxyl groups excluding tert-OH is 1. The maximum Gasteiger partial charge on any atom is 0.224 e. The number of thioether (sulfide) groups is 1. The fraction of sp³-hybridized carbons (Fsp3) is 0.293. The number of imidazole rings is 1. The zero-order valence-electron chi connectivity index (χ0n) is 29.2. The lowest BCUT2D eigenvalue weighted by Gasteiger charge is -2.36. The number of aryl methyl sites for hydroxylation is 1. The molecule has 1 aliphatic rings. The van der Waals surface area contributed by atoms with Crippen molar-refractivity contribution in [2.45, 2.75) is 68.9 Å². The van der Waals surface area contributed by atoms with Gasteiger partial charge in [-0.15, -0.1) is 0 Å². The van der Waals surface area contributed by atoms with E-state index in [1.54, 1.807) is 30.1 Å². The first-order valence-corrected chi connectivity index (χ1v) is 18.5. The number of carbonyl (C=O) groups is 2. The monoisotopic (exact) mass is 719 g/mol. The van der Waals surface area contributed by atoms with Crippen LogP contribution in [0.5, 0.6) is 0 Å². The molecule has 1 saturated heterocycles. The maximum atomic E-state index is 12.7. The zero-order valence-corrected chi connectivity index (χ0v) is 30.1. The lowest BCUT2D eigenvalue weighted by Crippen LogP contribution is -2.31. The molecular weight excluding hydrogens is 675 g/mol. The normalized spacial score (nSPS) is 17.1. The number of anilines is 2. The number of nitrogens with two attached hydrogens (primary N) is 1. The minimum atomic E-state index is -0.561. The molecule has 5 aromatic rings. The Balaban J connectivity index is 1.05. The van der Waals surface area contributed by atoms with Gasteiger partial charge in [0.05, 0.1) is 30.2 Å². The van der Waals surface area contributed by atoms with Crippen LogP contribution in [0.25, 0.3) is 11.1 Å². The summed E-state index contributed by atoms with van der Waals surface area (Å²) in [5.74, 6) is 0.555. The van der Waals surface area contributed by atoms with E-state index in [1.165, 1.54) is 0 Å². The van der Waals surface area contributed by atoms with E-state index in [4.69, 9.17) is 15.2 Å². The van der Waals surface area contributed by atoms with Crippen molar-refractivity contribution >= 4 is 35.0 Å². The molecule has 11 heteroatoms. The molecule has 10 nitrogen and oxygen atoms in total. The molecule has 5 N–H and O–H groups in total.